The fourth-order valence-corrected chi connectivity index (χ4v) is 4.43. The lowest BCUT2D eigenvalue weighted by Crippen LogP contribution is -3.14. The largest absolute Gasteiger partial charge is 0.378 e. The Kier molecular flexibility index (Phi) is 6.20. The summed E-state index contributed by atoms with van der Waals surface area (Å²) < 4.78 is 10.4. The number of morpholine rings is 1. The van der Waals surface area contributed by atoms with Crippen LogP contribution in [0.1, 0.15) is 6.92 Å². The summed E-state index contributed by atoms with van der Waals surface area (Å²) in [5, 5.41) is 5.67. The van der Waals surface area contributed by atoms with Crippen LogP contribution in [-0.4, -0.2) is 66.8 Å². The number of aromatic nitrogens is 3. The third kappa shape index (κ3) is 4.20. The molecule has 0 spiro atoms. The molecule has 1 aromatic carbocycles. The highest BCUT2D eigenvalue weighted by Gasteiger charge is 2.24. The van der Waals surface area contributed by atoms with Crippen molar-refractivity contribution in [3.63, 3.8) is 0 Å². The molecule has 152 valence electrons. The molecule has 0 bridgehead atoms. The van der Waals surface area contributed by atoms with Gasteiger partial charge in [0.15, 0.2) is 6.67 Å². The summed E-state index contributed by atoms with van der Waals surface area (Å²) in [5.74, 6) is 0.979. The minimum atomic E-state index is 0.750. The molecule has 1 N–H and O–H groups in total. The summed E-state index contributed by atoms with van der Waals surface area (Å²) >= 11 is 11.9. The number of anilines is 2. The summed E-state index contributed by atoms with van der Waals surface area (Å²) in [7, 11) is 0. The monoisotopic (exact) mass is 423 g/mol. The van der Waals surface area contributed by atoms with Gasteiger partial charge in [-0.3, -0.25) is 4.57 Å². The second-order valence-electron chi connectivity index (χ2n) is 7.30. The Balaban J connectivity index is 1.42. The second-order valence-corrected chi connectivity index (χ2v) is 8.10. The van der Waals surface area contributed by atoms with Gasteiger partial charge in [-0.25, -0.2) is 0 Å². The van der Waals surface area contributed by atoms with E-state index in [-0.39, 0.29) is 0 Å². The van der Waals surface area contributed by atoms with E-state index in [1.807, 2.05) is 22.9 Å². The van der Waals surface area contributed by atoms with Crippen molar-refractivity contribution in [3.05, 3.63) is 34.1 Å². The lowest BCUT2D eigenvalue weighted by Gasteiger charge is -2.33. The van der Waals surface area contributed by atoms with Crippen molar-refractivity contribution in [1.29, 1.82) is 0 Å². The lowest BCUT2D eigenvalue weighted by atomic mass is 10.2. The molecule has 3 heterocycles. The first kappa shape index (κ1) is 19.7. The molecule has 0 saturated carbocycles. The van der Waals surface area contributed by atoms with Crippen LogP contribution in [0, 0.1) is 4.77 Å². The minimum absolute atomic E-state index is 0.750. The number of quaternary nitrogens is 1. The number of rotatable bonds is 5. The Morgan fingerprint density at radius 3 is 2.57 bits per heavy atom. The molecular weight excluding hydrogens is 396 g/mol. The summed E-state index contributed by atoms with van der Waals surface area (Å²) in [5.41, 5.74) is 1.20. The molecule has 0 radical (unpaired) electrons. The predicted octanol–water partition coefficient (Wildman–Crippen LogP) is 1.29. The van der Waals surface area contributed by atoms with Gasteiger partial charge in [-0.15, -0.1) is 5.10 Å². The van der Waals surface area contributed by atoms with Crippen molar-refractivity contribution >= 4 is 35.5 Å². The van der Waals surface area contributed by atoms with Crippen LogP contribution in [-0.2, 0) is 18.0 Å². The Labute approximate surface area is 176 Å². The number of nitrogens with zero attached hydrogens (tertiary/aromatic N) is 5. The van der Waals surface area contributed by atoms with E-state index in [0.717, 1.165) is 81.4 Å². The third-order valence-corrected chi connectivity index (χ3v) is 6.20. The number of benzene rings is 1. The topological polar surface area (TPSA) is 42.9 Å². The van der Waals surface area contributed by atoms with Gasteiger partial charge in [-0.1, -0.05) is 17.7 Å². The zero-order valence-electron chi connectivity index (χ0n) is 16.3. The van der Waals surface area contributed by atoms with Crippen LogP contribution in [0.5, 0.6) is 0 Å². The van der Waals surface area contributed by atoms with E-state index in [4.69, 9.17) is 33.7 Å². The molecule has 2 fully saturated rings. The molecule has 2 aliphatic rings. The van der Waals surface area contributed by atoms with Crippen LogP contribution in [0.15, 0.2) is 24.3 Å². The van der Waals surface area contributed by atoms with Crippen LogP contribution in [0.25, 0.3) is 0 Å². The zero-order chi connectivity index (χ0) is 19.5. The third-order valence-electron chi connectivity index (χ3n) is 5.53. The van der Waals surface area contributed by atoms with E-state index in [1.54, 1.807) is 0 Å². The highest BCUT2D eigenvalue weighted by atomic mass is 35.5. The van der Waals surface area contributed by atoms with E-state index in [0.29, 0.717) is 0 Å². The fourth-order valence-electron chi connectivity index (χ4n) is 3.93. The molecule has 9 heteroatoms. The highest BCUT2D eigenvalue weighted by molar-refractivity contribution is 7.71. The number of hydrogen-bond donors (Lipinski definition) is 1. The number of halogens is 1. The molecule has 0 unspecified atom stereocenters. The van der Waals surface area contributed by atoms with Gasteiger partial charge in [0.05, 0.1) is 39.4 Å². The molecule has 7 nitrogen and oxygen atoms in total. The number of hydrogen-bond acceptors (Lipinski definition) is 5. The number of ether oxygens (including phenoxy) is 1. The average molecular weight is 424 g/mol. The van der Waals surface area contributed by atoms with Gasteiger partial charge in [0.2, 0.25) is 10.7 Å². The van der Waals surface area contributed by atoms with Crippen molar-refractivity contribution in [2.24, 2.45) is 0 Å². The summed E-state index contributed by atoms with van der Waals surface area (Å²) in [6.07, 6.45) is 0. The molecule has 0 amide bonds. The normalized spacial score (nSPS) is 18.6. The average Bonchev–Trinajstić information content (AvgIpc) is 3.04. The molecule has 2 aromatic rings. The Bertz CT molecular complexity index is 854. The molecule has 2 saturated heterocycles. The first-order valence-electron chi connectivity index (χ1n) is 10.00. The Morgan fingerprint density at radius 2 is 1.89 bits per heavy atom. The molecule has 0 aliphatic carbocycles. The van der Waals surface area contributed by atoms with Gasteiger partial charge in [-0.05, 0) is 37.3 Å². The summed E-state index contributed by atoms with van der Waals surface area (Å²) in [6.45, 7) is 11.1. The quantitative estimate of drug-likeness (QED) is 0.734. The van der Waals surface area contributed by atoms with E-state index in [1.165, 1.54) is 10.6 Å². The van der Waals surface area contributed by atoms with E-state index in [9.17, 15) is 0 Å². The molecule has 0 atom stereocenters. The summed E-state index contributed by atoms with van der Waals surface area (Å²) in [6, 6.07) is 8.11. The first-order chi connectivity index (χ1) is 13.7. The van der Waals surface area contributed by atoms with Crippen LogP contribution >= 0.6 is 23.8 Å². The van der Waals surface area contributed by atoms with Crippen LogP contribution in [0.3, 0.4) is 0 Å². The van der Waals surface area contributed by atoms with Gasteiger partial charge < -0.3 is 19.4 Å². The molecule has 2 aliphatic heterocycles. The van der Waals surface area contributed by atoms with E-state index >= 15 is 0 Å². The van der Waals surface area contributed by atoms with Gasteiger partial charge >= 0.3 is 0 Å². The predicted molar refractivity (Wildman–Crippen MR) is 114 cm³/mol. The molecular formula is C19H28ClN6OS+. The maximum atomic E-state index is 6.14. The van der Waals surface area contributed by atoms with Gasteiger partial charge in [-0.2, -0.15) is 4.68 Å². The molecule has 1 aromatic heterocycles. The maximum absolute atomic E-state index is 6.14. The van der Waals surface area contributed by atoms with Gasteiger partial charge in [0, 0.05) is 30.3 Å². The maximum Gasteiger partial charge on any atom is 0.226 e. The number of piperazine rings is 1. The van der Waals surface area contributed by atoms with Crippen molar-refractivity contribution in [3.8, 4) is 0 Å². The van der Waals surface area contributed by atoms with Crippen LogP contribution < -0.4 is 14.7 Å². The highest BCUT2D eigenvalue weighted by Crippen LogP contribution is 2.19. The van der Waals surface area contributed by atoms with E-state index < -0.39 is 0 Å². The Hall–Kier alpha value is -1.61. The standard InChI is InChI=1S/C19H27ClN6OS/c1-2-25-18(24-10-12-27-13-11-24)21-26(19(25)28)15-22-6-8-23(9-7-22)17-5-3-4-16(20)14-17/h3-5,14H,2,6-13,15H2,1H3/p+1. The van der Waals surface area contributed by atoms with Gasteiger partial charge in [0.1, 0.15) is 0 Å². The Morgan fingerprint density at radius 1 is 1.14 bits per heavy atom. The minimum Gasteiger partial charge on any atom is -0.378 e. The van der Waals surface area contributed by atoms with E-state index in [2.05, 4.69) is 27.4 Å². The smallest absolute Gasteiger partial charge is 0.226 e. The number of nitrogens with one attached hydrogen (secondary N) is 1. The second kappa shape index (κ2) is 8.82. The first-order valence-corrected chi connectivity index (χ1v) is 10.8. The SMILES string of the molecule is CCn1c(N2CCOCC2)nn(C[NH+]2CCN(c3cccc(Cl)c3)CC2)c1=S. The lowest BCUT2D eigenvalue weighted by molar-refractivity contribution is -0.924. The molecule has 28 heavy (non-hydrogen) atoms. The van der Waals surface area contributed by atoms with Crippen molar-refractivity contribution in [2.45, 2.75) is 20.1 Å². The van der Waals surface area contributed by atoms with Gasteiger partial charge in [0.25, 0.3) is 0 Å². The van der Waals surface area contributed by atoms with Crippen molar-refractivity contribution in [2.75, 3.05) is 62.3 Å². The summed E-state index contributed by atoms with van der Waals surface area (Å²) in [4.78, 5) is 6.19. The van der Waals surface area contributed by atoms with Crippen LogP contribution in [0.2, 0.25) is 5.02 Å². The van der Waals surface area contributed by atoms with Crippen molar-refractivity contribution < 1.29 is 9.64 Å². The van der Waals surface area contributed by atoms with Crippen LogP contribution in [0.4, 0.5) is 11.6 Å². The zero-order valence-corrected chi connectivity index (χ0v) is 17.9. The van der Waals surface area contributed by atoms with Crippen molar-refractivity contribution in [1.82, 2.24) is 14.3 Å². The molecule has 4 rings (SSSR count). The fraction of sp³-hybridized carbons (Fsp3) is 0.579.